The van der Waals surface area contributed by atoms with Gasteiger partial charge < -0.3 is 5.32 Å². The molecule has 0 aliphatic rings. The third-order valence-corrected chi connectivity index (χ3v) is 3.79. The third kappa shape index (κ3) is 3.81. The zero-order valence-corrected chi connectivity index (χ0v) is 12.7. The van der Waals surface area contributed by atoms with Gasteiger partial charge in [-0.2, -0.15) is 5.26 Å². The second-order valence-electron chi connectivity index (χ2n) is 5.02. The first-order chi connectivity index (χ1) is 10.0. The zero-order valence-electron chi connectivity index (χ0n) is 11.9. The van der Waals surface area contributed by atoms with Gasteiger partial charge in [0.1, 0.15) is 5.82 Å². The van der Waals surface area contributed by atoms with E-state index < -0.39 is 5.82 Å². The first-order valence-corrected chi connectivity index (χ1v) is 7.10. The van der Waals surface area contributed by atoms with E-state index in [-0.39, 0.29) is 17.1 Å². The van der Waals surface area contributed by atoms with Crippen molar-refractivity contribution < 1.29 is 4.39 Å². The Hall–Kier alpha value is -1.89. The molecule has 0 radical (unpaired) electrons. The maximum Gasteiger partial charge on any atom is 0.142 e. The summed E-state index contributed by atoms with van der Waals surface area (Å²) in [5, 5.41) is 12.3. The fourth-order valence-electron chi connectivity index (χ4n) is 2.20. The van der Waals surface area contributed by atoms with Crippen LogP contribution in [-0.2, 0) is 0 Å². The second kappa shape index (κ2) is 6.71. The molecule has 0 heterocycles. The van der Waals surface area contributed by atoms with Crippen LogP contribution < -0.4 is 5.32 Å². The summed E-state index contributed by atoms with van der Waals surface area (Å²) in [5.41, 5.74) is 2.56. The molecule has 21 heavy (non-hydrogen) atoms. The number of nitrogens with zero attached hydrogens (tertiary/aromatic N) is 1. The number of nitrogens with one attached hydrogen (secondary N) is 1. The van der Waals surface area contributed by atoms with Gasteiger partial charge in [-0.3, -0.25) is 0 Å². The van der Waals surface area contributed by atoms with Gasteiger partial charge in [0.15, 0.2) is 0 Å². The van der Waals surface area contributed by atoms with Crippen molar-refractivity contribution in [3.05, 3.63) is 70.0 Å². The van der Waals surface area contributed by atoms with Crippen molar-refractivity contribution in [2.24, 2.45) is 0 Å². The molecule has 0 aliphatic carbocycles. The molecule has 0 aliphatic heterocycles. The van der Waals surface area contributed by atoms with Gasteiger partial charge in [-0.15, -0.1) is 0 Å². The van der Waals surface area contributed by atoms with Crippen LogP contribution in [0.25, 0.3) is 0 Å². The Bertz CT molecular complexity index is 661. The molecule has 0 bridgehead atoms. The SMILES string of the molecule is CC(NC(C)c1ccc(Cl)c(F)c1)c1ccc(C#N)cc1. The van der Waals surface area contributed by atoms with Crippen molar-refractivity contribution in [2.75, 3.05) is 0 Å². The molecule has 1 N–H and O–H groups in total. The normalized spacial score (nSPS) is 13.5. The molecule has 0 fully saturated rings. The average Bonchev–Trinajstić information content (AvgIpc) is 2.50. The van der Waals surface area contributed by atoms with Crippen LogP contribution in [0, 0.1) is 17.1 Å². The third-order valence-electron chi connectivity index (χ3n) is 3.48. The van der Waals surface area contributed by atoms with Gasteiger partial charge in [0.2, 0.25) is 0 Å². The number of halogens is 2. The number of nitriles is 1. The van der Waals surface area contributed by atoms with Crippen LogP contribution in [0.4, 0.5) is 4.39 Å². The summed E-state index contributed by atoms with van der Waals surface area (Å²) in [7, 11) is 0. The van der Waals surface area contributed by atoms with Gasteiger partial charge in [-0.1, -0.05) is 29.8 Å². The second-order valence-corrected chi connectivity index (χ2v) is 5.42. The summed E-state index contributed by atoms with van der Waals surface area (Å²) < 4.78 is 13.5. The van der Waals surface area contributed by atoms with E-state index in [1.54, 1.807) is 18.2 Å². The van der Waals surface area contributed by atoms with Crippen molar-refractivity contribution in [1.29, 1.82) is 5.26 Å². The number of hydrogen-bond acceptors (Lipinski definition) is 2. The topological polar surface area (TPSA) is 35.8 Å². The smallest absolute Gasteiger partial charge is 0.142 e. The lowest BCUT2D eigenvalue weighted by atomic mass is 10.0. The van der Waals surface area contributed by atoms with Gasteiger partial charge in [0.05, 0.1) is 16.7 Å². The van der Waals surface area contributed by atoms with Crippen LogP contribution in [0.1, 0.15) is 42.6 Å². The van der Waals surface area contributed by atoms with Gasteiger partial charge in [0, 0.05) is 12.1 Å². The van der Waals surface area contributed by atoms with Gasteiger partial charge >= 0.3 is 0 Å². The maximum absolute atomic E-state index is 13.5. The largest absolute Gasteiger partial charge is 0.304 e. The van der Waals surface area contributed by atoms with Crippen molar-refractivity contribution >= 4 is 11.6 Å². The highest BCUT2D eigenvalue weighted by Gasteiger charge is 2.12. The number of hydrogen-bond donors (Lipinski definition) is 1. The number of rotatable bonds is 4. The highest BCUT2D eigenvalue weighted by atomic mass is 35.5. The van der Waals surface area contributed by atoms with Crippen molar-refractivity contribution in [1.82, 2.24) is 5.32 Å². The quantitative estimate of drug-likeness (QED) is 0.883. The van der Waals surface area contributed by atoms with Crippen LogP contribution in [0.15, 0.2) is 42.5 Å². The predicted octanol–water partition coefficient (Wildman–Crippen LogP) is 4.76. The monoisotopic (exact) mass is 302 g/mol. The van der Waals surface area contributed by atoms with Gasteiger partial charge in [-0.25, -0.2) is 4.39 Å². The minimum Gasteiger partial charge on any atom is -0.304 e. The molecule has 0 amide bonds. The Kier molecular flexibility index (Phi) is 4.95. The molecule has 0 saturated heterocycles. The molecule has 2 aromatic rings. The molecule has 2 unspecified atom stereocenters. The molecule has 4 heteroatoms. The van der Waals surface area contributed by atoms with E-state index in [1.807, 2.05) is 32.0 Å². The zero-order chi connectivity index (χ0) is 15.4. The summed E-state index contributed by atoms with van der Waals surface area (Å²) in [6.07, 6.45) is 0. The fraction of sp³-hybridized carbons (Fsp3) is 0.235. The summed E-state index contributed by atoms with van der Waals surface area (Å²) >= 11 is 5.69. The fourth-order valence-corrected chi connectivity index (χ4v) is 2.31. The Balaban J connectivity index is 2.08. The Labute approximate surface area is 129 Å². The molecule has 2 atom stereocenters. The van der Waals surface area contributed by atoms with Crippen LogP contribution in [0.2, 0.25) is 5.02 Å². The van der Waals surface area contributed by atoms with Crippen LogP contribution in [0.5, 0.6) is 0 Å². The lowest BCUT2D eigenvalue weighted by molar-refractivity contribution is 0.492. The summed E-state index contributed by atoms with van der Waals surface area (Å²) in [6, 6.07) is 14.4. The van der Waals surface area contributed by atoms with Crippen LogP contribution in [-0.4, -0.2) is 0 Å². The van der Waals surface area contributed by atoms with E-state index in [0.717, 1.165) is 11.1 Å². The van der Waals surface area contributed by atoms with E-state index in [9.17, 15) is 4.39 Å². The molecule has 2 rings (SSSR count). The van der Waals surface area contributed by atoms with Crippen molar-refractivity contribution in [3.8, 4) is 6.07 Å². The van der Waals surface area contributed by atoms with Gasteiger partial charge in [-0.05, 0) is 49.2 Å². The van der Waals surface area contributed by atoms with E-state index >= 15 is 0 Å². The standard InChI is InChI=1S/C17H16ClFN2/c1-11(14-5-3-13(10-20)4-6-14)21-12(2)15-7-8-16(18)17(19)9-15/h3-9,11-12,21H,1-2H3. The lowest BCUT2D eigenvalue weighted by Gasteiger charge is -2.21. The van der Waals surface area contributed by atoms with E-state index in [2.05, 4.69) is 11.4 Å². The summed E-state index contributed by atoms with van der Waals surface area (Å²) in [5.74, 6) is -0.408. The van der Waals surface area contributed by atoms with Crippen molar-refractivity contribution in [2.45, 2.75) is 25.9 Å². The number of benzene rings is 2. The molecular formula is C17H16ClFN2. The molecule has 0 aromatic heterocycles. The minimum absolute atomic E-state index is 0.0117. The highest BCUT2D eigenvalue weighted by molar-refractivity contribution is 6.30. The molecule has 2 nitrogen and oxygen atoms in total. The predicted molar refractivity (Wildman–Crippen MR) is 82.5 cm³/mol. The Morgan fingerprint density at radius 2 is 1.62 bits per heavy atom. The first-order valence-electron chi connectivity index (χ1n) is 6.72. The first kappa shape index (κ1) is 15.5. The molecule has 2 aromatic carbocycles. The van der Waals surface area contributed by atoms with Crippen molar-refractivity contribution in [3.63, 3.8) is 0 Å². The molecule has 0 spiro atoms. The van der Waals surface area contributed by atoms with Crippen LogP contribution >= 0.6 is 11.6 Å². The van der Waals surface area contributed by atoms with E-state index in [1.165, 1.54) is 6.07 Å². The van der Waals surface area contributed by atoms with Crippen LogP contribution in [0.3, 0.4) is 0 Å². The summed E-state index contributed by atoms with van der Waals surface area (Å²) in [6.45, 7) is 4.01. The summed E-state index contributed by atoms with van der Waals surface area (Å²) in [4.78, 5) is 0. The molecular weight excluding hydrogens is 287 g/mol. The highest BCUT2D eigenvalue weighted by Crippen LogP contribution is 2.23. The maximum atomic E-state index is 13.5. The Morgan fingerprint density at radius 1 is 1.05 bits per heavy atom. The van der Waals surface area contributed by atoms with Gasteiger partial charge in [0.25, 0.3) is 0 Å². The minimum atomic E-state index is -0.408. The lowest BCUT2D eigenvalue weighted by Crippen LogP contribution is -2.22. The van der Waals surface area contributed by atoms with E-state index in [0.29, 0.717) is 5.56 Å². The molecule has 0 saturated carbocycles. The van der Waals surface area contributed by atoms with E-state index in [4.69, 9.17) is 16.9 Å². The Morgan fingerprint density at radius 3 is 2.19 bits per heavy atom. The average molecular weight is 303 g/mol. The molecule has 108 valence electrons.